The van der Waals surface area contributed by atoms with Gasteiger partial charge in [-0.2, -0.15) is 0 Å². The molecule has 0 heterocycles. The summed E-state index contributed by atoms with van der Waals surface area (Å²) >= 11 is 5.83. The molecule has 0 aliphatic rings. The molecule has 0 saturated carbocycles. The van der Waals surface area contributed by atoms with Gasteiger partial charge in [0.2, 0.25) is 0 Å². The molecule has 2 aromatic rings. The van der Waals surface area contributed by atoms with Crippen molar-refractivity contribution in [2.24, 2.45) is 0 Å². The molecule has 0 spiro atoms. The summed E-state index contributed by atoms with van der Waals surface area (Å²) in [4.78, 5) is 0. The molecule has 0 aliphatic carbocycles. The molecule has 20 heavy (non-hydrogen) atoms. The summed E-state index contributed by atoms with van der Waals surface area (Å²) < 4.78 is 13.2. The van der Waals surface area contributed by atoms with Crippen LogP contribution in [-0.2, 0) is 6.54 Å². The minimum atomic E-state index is -1.25. The van der Waals surface area contributed by atoms with E-state index in [1.807, 2.05) is 0 Å². The highest BCUT2D eigenvalue weighted by Crippen LogP contribution is 2.18. The lowest BCUT2D eigenvalue weighted by Crippen LogP contribution is -2.37. The Morgan fingerprint density at radius 2 is 1.70 bits per heavy atom. The molecule has 1 nitrogen and oxygen atoms in total. The minimum Gasteiger partial charge on any atom is -0.381 e. The van der Waals surface area contributed by atoms with Crippen LogP contribution in [0.15, 0.2) is 42.5 Å². The number of nitrogens with one attached hydrogen (secondary N) is 1. The molecule has 0 amide bonds. The van der Waals surface area contributed by atoms with Crippen LogP contribution in [0.1, 0.15) is 5.56 Å². The highest BCUT2D eigenvalue weighted by atomic mass is 35.5. The highest BCUT2D eigenvalue weighted by Gasteiger charge is 2.15. The van der Waals surface area contributed by atoms with Gasteiger partial charge in [-0.25, -0.2) is 4.39 Å². The van der Waals surface area contributed by atoms with Crippen molar-refractivity contribution in [3.8, 4) is 0 Å². The van der Waals surface area contributed by atoms with Crippen LogP contribution in [0.25, 0.3) is 0 Å². The van der Waals surface area contributed by atoms with Crippen molar-refractivity contribution in [3.05, 3.63) is 58.9 Å². The van der Waals surface area contributed by atoms with Crippen LogP contribution in [0.3, 0.4) is 0 Å². The van der Waals surface area contributed by atoms with Gasteiger partial charge in [-0.05, 0) is 23.8 Å². The smallest absolute Gasteiger partial charge is 0.126 e. The lowest BCUT2D eigenvalue weighted by molar-refractivity contribution is 0.628. The van der Waals surface area contributed by atoms with Gasteiger partial charge in [-0.1, -0.05) is 60.7 Å². The van der Waals surface area contributed by atoms with Crippen LogP contribution < -0.4 is 10.5 Å². The van der Waals surface area contributed by atoms with Crippen LogP contribution in [0.5, 0.6) is 0 Å². The average Bonchev–Trinajstić information content (AvgIpc) is 2.35. The van der Waals surface area contributed by atoms with Crippen molar-refractivity contribution in [2.45, 2.75) is 26.2 Å². The highest BCUT2D eigenvalue weighted by molar-refractivity contribution is 6.88. The summed E-state index contributed by atoms with van der Waals surface area (Å²) in [5.41, 5.74) is 1.87. The average molecular weight is 308 g/mol. The zero-order valence-electron chi connectivity index (χ0n) is 12.0. The third-order valence-electron chi connectivity index (χ3n) is 3.18. The minimum absolute atomic E-state index is 0.325. The summed E-state index contributed by atoms with van der Waals surface area (Å²) in [5.74, 6) is -0.325. The van der Waals surface area contributed by atoms with Gasteiger partial charge in [0.15, 0.2) is 0 Å². The number of halogens is 2. The lowest BCUT2D eigenvalue weighted by Gasteiger charge is -2.17. The van der Waals surface area contributed by atoms with E-state index in [-0.39, 0.29) is 5.82 Å². The molecule has 2 rings (SSSR count). The second-order valence-corrected chi connectivity index (χ2v) is 11.5. The summed E-state index contributed by atoms with van der Waals surface area (Å²) in [6.07, 6.45) is 0. The maximum atomic E-state index is 13.2. The van der Waals surface area contributed by atoms with E-state index >= 15 is 0 Å². The summed E-state index contributed by atoms with van der Waals surface area (Å²) in [6.45, 7) is 7.64. The summed E-state index contributed by atoms with van der Waals surface area (Å²) in [6, 6.07) is 13.1. The largest absolute Gasteiger partial charge is 0.381 e. The Labute approximate surface area is 125 Å². The second-order valence-electron chi connectivity index (χ2n) is 5.96. The molecule has 4 heteroatoms. The third kappa shape index (κ3) is 4.08. The standard InChI is InChI=1S/C16H19ClFNSi/c1-20(2,3)16-6-4-12(5-7-16)11-19-15-9-13(17)8-14(18)10-15/h4-10,19H,11H2,1-3H3. The maximum Gasteiger partial charge on any atom is 0.126 e. The van der Waals surface area contributed by atoms with Crippen molar-refractivity contribution in [1.29, 1.82) is 0 Å². The molecule has 0 atom stereocenters. The normalized spacial score (nSPS) is 11.4. The Bertz CT molecular complexity index is 570. The third-order valence-corrected chi connectivity index (χ3v) is 5.46. The number of hydrogen-bond donors (Lipinski definition) is 1. The van der Waals surface area contributed by atoms with E-state index in [9.17, 15) is 4.39 Å². The fraction of sp³-hybridized carbons (Fsp3) is 0.250. The summed E-state index contributed by atoms with van der Waals surface area (Å²) in [5, 5.41) is 5.03. The Morgan fingerprint density at radius 3 is 2.25 bits per heavy atom. The van der Waals surface area contributed by atoms with Crippen molar-refractivity contribution in [1.82, 2.24) is 0 Å². The first kappa shape index (κ1) is 15.1. The van der Waals surface area contributed by atoms with Crippen LogP contribution in [0.4, 0.5) is 10.1 Å². The van der Waals surface area contributed by atoms with Gasteiger partial charge in [-0.3, -0.25) is 0 Å². The van der Waals surface area contributed by atoms with Gasteiger partial charge in [0.1, 0.15) is 5.82 Å². The van der Waals surface area contributed by atoms with Crippen LogP contribution in [-0.4, -0.2) is 8.07 Å². The quantitative estimate of drug-likeness (QED) is 0.812. The Kier molecular flexibility index (Phi) is 4.51. The monoisotopic (exact) mass is 307 g/mol. The second kappa shape index (κ2) is 5.98. The Balaban J connectivity index is 2.04. The molecule has 0 radical (unpaired) electrons. The predicted octanol–water partition coefficient (Wildman–Crippen LogP) is 4.64. The first-order chi connectivity index (χ1) is 9.34. The van der Waals surface area contributed by atoms with Crippen LogP contribution in [0.2, 0.25) is 24.7 Å². The summed E-state index contributed by atoms with van der Waals surface area (Å²) in [7, 11) is -1.25. The van der Waals surface area contributed by atoms with Gasteiger partial charge < -0.3 is 5.32 Å². The maximum absolute atomic E-state index is 13.2. The van der Waals surface area contributed by atoms with Crippen molar-refractivity contribution >= 4 is 30.5 Å². The van der Waals surface area contributed by atoms with Gasteiger partial charge in [0.05, 0.1) is 8.07 Å². The van der Waals surface area contributed by atoms with Crippen molar-refractivity contribution in [2.75, 3.05) is 5.32 Å². The molecule has 0 aromatic heterocycles. The van der Waals surface area contributed by atoms with Crippen molar-refractivity contribution in [3.63, 3.8) is 0 Å². The SMILES string of the molecule is C[Si](C)(C)c1ccc(CNc2cc(F)cc(Cl)c2)cc1. The van der Waals surface area contributed by atoms with E-state index in [1.165, 1.54) is 22.9 Å². The Hall–Kier alpha value is -1.32. The van der Waals surface area contributed by atoms with E-state index in [4.69, 9.17) is 11.6 Å². The van der Waals surface area contributed by atoms with E-state index in [1.54, 1.807) is 6.07 Å². The zero-order valence-corrected chi connectivity index (χ0v) is 13.8. The van der Waals surface area contributed by atoms with E-state index < -0.39 is 8.07 Å². The molecule has 0 saturated heterocycles. The number of hydrogen-bond acceptors (Lipinski definition) is 1. The number of benzene rings is 2. The molecular formula is C16H19ClFNSi. The van der Waals surface area contributed by atoms with Gasteiger partial charge in [0, 0.05) is 17.3 Å². The molecule has 0 bridgehead atoms. The number of rotatable bonds is 4. The first-order valence-electron chi connectivity index (χ1n) is 6.64. The molecule has 2 aromatic carbocycles. The van der Waals surface area contributed by atoms with Gasteiger partial charge in [-0.15, -0.1) is 0 Å². The van der Waals surface area contributed by atoms with Crippen LogP contribution in [0, 0.1) is 5.82 Å². The van der Waals surface area contributed by atoms with E-state index in [0.29, 0.717) is 17.3 Å². The fourth-order valence-electron chi connectivity index (χ4n) is 1.98. The molecular weight excluding hydrogens is 289 g/mol. The molecule has 106 valence electrons. The molecule has 0 unspecified atom stereocenters. The fourth-order valence-corrected chi connectivity index (χ4v) is 3.37. The van der Waals surface area contributed by atoms with Gasteiger partial charge >= 0.3 is 0 Å². The number of anilines is 1. The predicted molar refractivity (Wildman–Crippen MR) is 88.2 cm³/mol. The molecule has 1 N–H and O–H groups in total. The molecule has 0 aliphatic heterocycles. The topological polar surface area (TPSA) is 12.0 Å². The van der Waals surface area contributed by atoms with Crippen LogP contribution >= 0.6 is 11.6 Å². The van der Waals surface area contributed by atoms with E-state index in [0.717, 1.165) is 0 Å². The molecule has 0 fully saturated rings. The Morgan fingerprint density at radius 1 is 1.05 bits per heavy atom. The van der Waals surface area contributed by atoms with Gasteiger partial charge in [0.25, 0.3) is 0 Å². The van der Waals surface area contributed by atoms with Crippen molar-refractivity contribution < 1.29 is 4.39 Å². The zero-order chi connectivity index (χ0) is 14.8. The lowest BCUT2D eigenvalue weighted by atomic mass is 10.2. The first-order valence-corrected chi connectivity index (χ1v) is 10.5. The van der Waals surface area contributed by atoms with E-state index in [2.05, 4.69) is 49.2 Å².